The molecule has 0 fully saturated rings. The van der Waals surface area contributed by atoms with Gasteiger partial charge in [0.2, 0.25) is 0 Å². The number of aldehydes is 1. The standard InChI is InChI=1S/C20H20O2S/c1-20(2,3)18-6-4-5-15(12-18)7-9-17-11-16(13-21)8-10-19(17)23-14-22/h4-14H,1-3H3/b9-7+. The zero-order chi connectivity index (χ0) is 16.9. The molecule has 0 amide bonds. The highest BCUT2D eigenvalue weighted by Gasteiger charge is 2.12. The van der Waals surface area contributed by atoms with E-state index in [4.69, 9.17) is 0 Å². The molecule has 0 aliphatic rings. The lowest BCUT2D eigenvalue weighted by Crippen LogP contribution is -2.10. The minimum Gasteiger partial charge on any atom is -0.298 e. The molecular weight excluding hydrogens is 304 g/mol. The molecule has 0 saturated heterocycles. The maximum absolute atomic E-state index is 11.0. The van der Waals surface area contributed by atoms with E-state index in [0.29, 0.717) is 5.56 Å². The molecule has 118 valence electrons. The van der Waals surface area contributed by atoms with Gasteiger partial charge in [0, 0.05) is 10.5 Å². The Hall–Kier alpha value is -2.13. The van der Waals surface area contributed by atoms with Crippen molar-refractivity contribution in [2.24, 2.45) is 0 Å². The highest BCUT2D eigenvalue weighted by molar-refractivity contribution is 8.12. The van der Waals surface area contributed by atoms with E-state index < -0.39 is 0 Å². The van der Waals surface area contributed by atoms with Crippen molar-refractivity contribution in [3.63, 3.8) is 0 Å². The van der Waals surface area contributed by atoms with Crippen LogP contribution in [0.2, 0.25) is 0 Å². The average Bonchev–Trinajstić information content (AvgIpc) is 2.53. The van der Waals surface area contributed by atoms with E-state index in [9.17, 15) is 9.59 Å². The summed E-state index contributed by atoms with van der Waals surface area (Å²) >= 11 is 1.12. The largest absolute Gasteiger partial charge is 0.298 e. The van der Waals surface area contributed by atoms with Crippen LogP contribution in [0.3, 0.4) is 0 Å². The lowest BCUT2D eigenvalue weighted by atomic mass is 9.86. The maximum Gasteiger partial charge on any atom is 0.180 e. The molecule has 0 N–H and O–H groups in total. The molecule has 0 unspecified atom stereocenters. The van der Waals surface area contributed by atoms with Crippen LogP contribution in [0.1, 0.15) is 47.8 Å². The normalized spacial score (nSPS) is 11.6. The molecule has 0 bridgehead atoms. The van der Waals surface area contributed by atoms with Gasteiger partial charge in [-0.15, -0.1) is 0 Å². The summed E-state index contributed by atoms with van der Waals surface area (Å²) in [7, 11) is 0. The second kappa shape index (κ2) is 7.42. The molecule has 0 aliphatic heterocycles. The quantitative estimate of drug-likeness (QED) is 0.428. The first-order chi connectivity index (χ1) is 10.9. The lowest BCUT2D eigenvalue weighted by Gasteiger charge is -2.19. The number of rotatable bonds is 5. The van der Waals surface area contributed by atoms with Crippen molar-refractivity contribution in [3.05, 3.63) is 64.7 Å². The van der Waals surface area contributed by atoms with Crippen LogP contribution in [0.4, 0.5) is 0 Å². The van der Waals surface area contributed by atoms with Crippen molar-refractivity contribution in [2.75, 3.05) is 0 Å². The Morgan fingerprint density at radius 1 is 0.913 bits per heavy atom. The summed E-state index contributed by atoms with van der Waals surface area (Å²) < 4.78 is 0. The SMILES string of the molecule is CC(C)(C)c1cccc(/C=C/c2cc(C=O)ccc2SC=O)c1. The Balaban J connectivity index is 2.36. The van der Waals surface area contributed by atoms with Gasteiger partial charge in [0.1, 0.15) is 6.29 Å². The first kappa shape index (κ1) is 17.2. The zero-order valence-electron chi connectivity index (χ0n) is 13.6. The number of hydrogen-bond donors (Lipinski definition) is 0. The maximum atomic E-state index is 11.0. The van der Waals surface area contributed by atoms with Gasteiger partial charge in [0.25, 0.3) is 0 Å². The number of hydrogen-bond acceptors (Lipinski definition) is 3. The third-order valence-corrected chi connectivity index (χ3v) is 4.27. The fourth-order valence-corrected chi connectivity index (χ4v) is 2.74. The third-order valence-electron chi connectivity index (χ3n) is 3.55. The number of thioether (sulfide) groups is 1. The number of benzene rings is 2. The molecule has 0 heterocycles. The van der Waals surface area contributed by atoms with Gasteiger partial charge in [-0.25, -0.2) is 0 Å². The van der Waals surface area contributed by atoms with Crippen LogP contribution >= 0.6 is 11.8 Å². The fraction of sp³-hybridized carbons (Fsp3) is 0.200. The second-order valence-corrected chi connectivity index (χ2v) is 7.21. The summed E-state index contributed by atoms with van der Waals surface area (Å²) in [6.07, 6.45) is 4.77. The highest BCUT2D eigenvalue weighted by Crippen LogP contribution is 2.26. The van der Waals surface area contributed by atoms with Crippen molar-refractivity contribution < 1.29 is 9.59 Å². The minimum absolute atomic E-state index is 0.0970. The van der Waals surface area contributed by atoms with E-state index in [1.807, 2.05) is 24.3 Å². The molecular formula is C20H20O2S. The Labute approximate surface area is 141 Å². The van der Waals surface area contributed by atoms with Gasteiger partial charge >= 0.3 is 0 Å². The van der Waals surface area contributed by atoms with Crippen molar-refractivity contribution in [1.29, 1.82) is 0 Å². The van der Waals surface area contributed by atoms with Gasteiger partial charge in [-0.05, 0) is 34.2 Å². The first-order valence-corrected chi connectivity index (χ1v) is 8.30. The van der Waals surface area contributed by atoms with Crippen LogP contribution in [0, 0.1) is 0 Å². The average molecular weight is 324 g/mol. The van der Waals surface area contributed by atoms with Crippen LogP contribution < -0.4 is 0 Å². The third kappa shape index (κ3) is 4.67. The summed E-state index contributed by atoms with van der Waals surface area (Å²) in [6.45, 7) is 6.55. The molecule has 23 heavy (non-hydrogen) atoms. The molecule has 0 saturated carbocycles. The smallest absolute Gasteiger partial charge is 0.180 e. The highest BCUT2D eigenvalue weighted by atomic mass is 32.2. The summed E-state index contributed by atoms with van der Waals surface area (Å²) in [5.41, 5.74) is 4.73. The summed E-state index contributed by atoms with van der Waals surface area (Å²) in [5.74, 6) is 0. The predicted molar refractivity (Wildman–Crippen MR) is 98.5 cm³/mol. The van der Waals surface area contributed by atoms with Crippen molar-refractivity contribution in [1.82, 2.24) is 0 Å². The monoisotopic (exact) mass is 324 g/mol. The summed E-state index contributed by atoms with van der Waals surface area (Å²) in [6, 6.07) is 13.7. The summed E-state index contributed by atoms with van der Waals surface area (Å²) in [5, 5.41) is 0. The van der Waals surface area contributed by atoms with Crippen LogP contribution in [-0.2, 0) is 10.2 Å². The Morgan fingerprint density at radius 3 is 2.35 bits per heavy atom. The van der Waals surface area contributed by atoms with E-state index in [2.05, 4.69) is 32.9 Å². The molecule has 0 spiro atoms. The fourth-order valence-electron chi connectivity index (χ4n) is 2.22. The molecule has 3 heteroatoms. The van der Waals surface area contributed by atoms with Gasteiger partial charge in [-0.1, -0.05) is 75.0 Å². The minimum atomic E-state index is 0.0970. The molecule has 0 atom stereocenters. The number of carbonyl (C=O) groups excluding carboxylic acids is 2. The van der Waals surface area contributed by atoms with E-state index in [0.717, 1.165) is 39.7 Å². The molecule has 0 aliphatic carbocycles. The van der Waals surface area contributed by atoms with Gasteiger partial charge in [-0.2, -0.15) is 0 Å². The molecule has 2 aromatic carbocycles. The molecule has 2 aromatic rings. The van der Waals surface area contributed by atoms with Crippen LogP contribution in [0.5, 0.6) is 0 Å². The van der Waals surface area contributed by atoms with Crippen molar-refractivity contribution in [3.8, 4) is 0 Å². The summed E-state index contributed by atoms with van der Waals surface area (Å²) in [4.78, 5) is 22.6. The van der Waals surface area contributed by atoms with E-state index in [1.54, 1.807) is 18.2 Å². The molecule has 2 rings (SSSR count). The van der Waals surface area contributed by atoms with E-state index in [-0.39, 0.29) is 5.41 Å². The van der Waals surface area contributed by atoms with Crippen molar-refractivity contribution in [2.45, 2.75) is 31.1 Å². The van der Waals surface area contributed by atoms with Gasteiger partial charge in [-0.3, -0.25) is 9.59 Å². The Kier molecular flexibility index (Phi) is 5.56. The Morgan fingerprint density at radius 2 is 1.70 bits per heavy atom. The van der Waals surface area contributed by atoms with Crippen LogP contribution in [-0.4, -0.2) is 11.9 Å². The van der Waals surface area contributed by atoms with E-state index in [1.165, 1.54) is 5.56 Å². The molecule has 0 aromatic heterocycles. The topological polar surface area (TPSA) is 34.1 Å². The number of carbonyl (C=O) groups is 2. The van der Waals surface area contributed by atoms with Crippen LogP contribution in [0.25, 0.3) is 12.2 Å². The second-order valence-electron chi connectivity index (χ2n) is 6.34. The van der Waals surface area contributed by atoms with Gasteiger partial charge < -0.3 is 0 Å². The molecule has 0 radical (unpaired) electrons. The van der Waals surface area contributed by atoms with Gasteiger partial charge in [0.05, 0.1) is 0 Å². The molecule has 2 nitrogen and oxygen atoms in total. The first-order valence-electron chi connectivity index (χ1n) is 7.42. The van der Waals surface area contributed by atoms with Gasteiger partial charge in [0.15, 0.2) is 5.62 Å². The Bertz CT molecular complexity index is 740. The van der Waals surface area contributed by atoms with E-state index >= 15 is 0 Å². The van der Waals surface area contributed by atoms with Crippen molar-refractivity contribution >= 4 is 35.8 Å². The predicted octanol–water partition coefficient (Wildman–Crippen LogP) is 5.25. The lowest BCUT2D eigenvalue weighted by molar-refractivity contribution is 0.112. The zero-order valence-corrected chi connectivity index (χ0v) is 14.4. The van der Waals surface area contributed by atoms with Crippen LogP contribution in [0.15, 0.2) is 47.4 Å².